The van der Waals surface area contributed by atoms with Crippen molar-refractivity contribution in [2.24, 2.45) is 0 Å². The number of thioether (sulfide) groups is 2. The molecule has 2 aromatic rings. The fraction of sp³-hybridized carbons (Fsp3) is 0.471. The highest BCUT2D eigenvalue weighted by atomic mass is 32.2. The van der Waals surface area contributed by atoms with Gasteiger partial charge in [-0.1, -0.05) is 79.0 Å². The first-order valence-corrected chi connectivity index (χ1v) is 10.8. The van der Waals surface area contributed by atoms with Crippen molar-refractivity contribution in [3.05, 3.63) is 35.9 Å². The summed E-state index contributed by atoms with van der Waals surface area (Å²) in [5.41, 5.74) is 1.27. The summed E-state index contributed by atoms with van der Waals surface area (Å²) >= 11 is 4.70. The van der Waals surface area contributed by atoms with Gasteiger partial charge in [0.1, 0.15) is 0 Å². The quantitative estimate of drug-likeness (QED) is 0.651. The molecular weight excluding hydrogens is 358 g/mol. The highest BCUT2D eigenvalue weighted by Crippen LogP contribution is 2.31. The van der Waals surface area contributed by atoms with Crippen molar-refractivity contribution < 1.29 is 4.79 Å². The maximum Gasteiger partial charge on any atom is 0.233 e. The molecule has 0 unspecified atom stereocenters. The molecule has 0 aliphatic rings. The Morgan fingerprint density at radius 2 is 1.92 bits per heavy atom. The molecular formula is C17H23N3OS3. The van der Waals surface area contributed by atoms with Crippen molar-refractivity contribution in [1.82, 2.24) is 15.5 Å². The van der Waals surface area contributed by atoms with E-state index >= 15 is 0 Å². The van der Waals surface area contributed by atoms with Gasteiger partial charge in [0.15, 0.2) is 8.68 Å². The number of carbonyl (C=O) groups excluding carboxylic acids is 1. The molecule has 0 radical (unpaired) electrons. The summed E-state index contributed by atoms with van der Waals surface area (Å²) in [5, 5.41) is 11.2. The molecule has 1 aromatic carbocycles. The fourth-order valence-electron chi connectivity index (χ4n) is 2.22. The van der Waals surface area contributed by atoms with Gasteiger partial charge in [-0.05, 0) is 24.7 Å². The predicted octanol–water partition coefficient (Wildman–Crippen LogP) is 4.44. The smallest absolute Gasteiger partial charge is 0.233 e. The monoisotopic (exact) mass is 381 g/mol. The van der Waals surface area contributed by atoms with Gasteiger partial charge in [0.2, 0.25) is 5.91 Å². The van der Waals surface area contributed by atoms with Gasteiger partial charge in [0.25, 0.3) is 0 Å². The predicted molar refractivity (Wildman–Crippen MR) is 104 cm³/mol. The third kappa shape index (κ3) is 5.79. The number of hydrogen-bond donors (Lipinski definition) is 1. The van der Waals surface area contributed by atoms with Crippen molar-refractivity contribution in [3.8, 4) is 0 Å². The third-order valence-corrected chi connectivity index (χ3v) is 6.71. The lowest BCUT2D eigenvalue weighted by atomic mass is 9.96. The maximum absolute atomic E-state index is 12.4. The van der Waals surface area contributed by atoms with Crippen LogP contribution in [0.2, 0.25) is 0 Å². The van der Waals surface area contributed by atoms with Gasteiger partial charge in [-0.15, -0.1) is 10.2 Å². The summed E-state index contributed by atoms with van der Waals surface area (Å²) in [5.74, 6) is 1.38. The second-order valence-corrected chi connectivity index (χ2v) is 9.36. The SMILES string of the molecule is CCSc1nnc(S[C@H](C)C(=O)NC[C@@H](CC)c2ccccc2)s1. The van der Waals surface area contributed by atoms with E-state index in [-0.39, 0.29) is 11.2 Å². The zero-order chi connectivity index (χ0) is 17.4. The maximum atomic E-state index is 12.4. The first-order valence-electron chi connectivity index (χ1n) is 8.09. The van der Waals surface area contributed by atoms with Gasteiger partial charge >= 0.3 is 0 Å². The van der Waals surface area contributed by atoms with Crippen LogP contribution in [0.1, 0.15) is 38.7 Å². The van der Waals surface area contributed by atoms with E-state index in [0.29, 0.717) is 12.5 Å². The average molecular weight is 382 g/mol. The van der Waals surface area contributed by atoms with Gasteiger partial charge in [-0.25, -0.2) is 0 Å². The summed E-state index contributed by atoms with van der Waals surface area (Å²) in [6.45, 7) is 6.82. The Balaban J connectivity index is 1.84. The van der Waals surface area contributed by atoms with Gasteiger partial charge in [0, 0.05) is 12.5 Å². The van der Waals surface area contributed by atoms with Crippen LogP contribution < -0.4 is 5.32 Å². The van der Waals surface area contributed by atoms with Gasteiger partial charge in [-0.3, -0.25) is 4.79 Å². The molecule has 7 heteroatoms. The summed E-state index contributed by atoms with van der Waals surface area (Å²) in [6, 6.07) is 10.3. The Labute approximate surface area is 156 Å². The lowest BCUT2D eigenvalue weighted by molar-refractivity contribution is -0.120. The Morgan fingerprint density at radius 1 is 1.21 bits per heavy atom. The summed E-state index contributed by atoms with van der Waals surface area (Å²) in [4.78, 5) is 12.4. The molecule has 1 amide bonds. The van der Waals surface area contributed by atoms with Crippen molar-refractivity contribution in [2.45, 2.75) is 47.0 Å². The fourth-order valence-corrected chi connectivity index (χ4v) is 5.31. The van der Waals surface area contributed by atoms with Gasteiger partial charge < -0.3 is 5.32 Å². The zero-order valence-corrected chi connectivity index (χ0v) is 16.6. The van der Waals surface area contributed by atoms with E-state index in [4.69, 9.17) is 0 Å². The van der Waals surface area contributed by atoms with Crippen molar-refractivity contribution in [1.29, 1.82) is 0 Å². The number of benzene rings is 1. The lowest BCUT2D eigenvalue weighted by Gasteiger charge is -2.17. The summed E-state index contributed by atoms with van der Waals surface area (Å²) < 4.78 is 1.81. The van der Waals surface area contributed by atoms with Crippen LogP contribution in [0.5, 0.6) is 0 Å². The Bertz CT molecular complexity index is 633. The molecule has 0 spiro atoms. The van der Waals surface area contributed by atoms with E-state index in [1.54, 1.807) is 23.1 Å². The van der Waals surface area contributed by atoms with Crippen LogP contribution in [0, 0.1) is 0 Å². The number of rotatable bonds is 9. The van der Waals surface area contributed by atoms with E-state index in [2.05, 4.69) is 41.5 Å². The van der Waals surface area contributed by atoms with E-state index in [9.17, 15) is 4.79 Å². The second-order valence-electron chi connectivity index (χ2n) is 5.29. The van der Waals surface area contributed by atoms with E-state index in [0.717, 1.165) is 20.9 Å². The number of carbonyl (C=O) groups is 1. The molecule has 2 rings (SSSR count). The molecule has 0 saturated heterocycles. The highest BCUT2D eigenvalue weighted by molar-refractivity contribution is 8.03. The second kappa shape index (κ2) is 10.1. The molecule has 1 aromatic heterocycles. The van der Waals surface area contributed by atoms with Crippen LogP contribution in [-0.2, 0) is 4.79 Å². The Kier molecular flexibility index (Phi) is 8.08. The summed E-state index contributed by atoms with van der Waals surface area (Å²) in [6.07, 6.45) is 1.000. The lowest BCUT2D eigenvalue weighted by Crippen LogP contribution is -2.34. The van der Waals surface area contributed by atoms with Crippen LogP contribution in [0.15, 0.2) is 39.0 Å². The molecule has 4 nitrogen and oxygen atoms in total. The van der Waals surface area contributed by atoms with Crippen molar-refractivity contribution in [3.63, 3.8) is 0 Å². The van der Waals surface area contributed by atoms with Gasteiger partial charge in [-0.2, -0.15) is 0 Å². The molecule has 0 bridgehead atoms. The molecule has 24 heavy (non-hydrogen) atoms. The largest absolute Gasteiger partial charge is 0.355 e. The van der Waals surface area contributed by atoms with Crippen LogP contribution in [0.4, 0.5) is 0 Å². The molecule has 130 valence electrons. The number of hydrogen-bond acceptors (Lipinski definition) is 6. The van der Waals surface area contributed by atoms with Crippen molar-refractivity contribution >= 4 is 40.8 Å². The minimum atomic E-state index is -0.175. The van der Waals surface area contributed by atoms with Crippen LogP contribution in [0.3, 0.4) is 0 Å². The minimum Gasteiger partial charge on any atom is -0.355 e. The molecule has 0 fully saturated rings. The van der Waals surface area contributed by atoms with Crippen LogP contribution in [-0.4, -0.2) is 33.7 Å². The molecule has 0 aliphatic heterocycles. The Hall–Kier alpha value is -1.05. The summed E-state index contributed by atoms with van der Waals surface area (Å²) in [7, 11) is 0. The average Bonchev–Trinajstić information content (AvgIpc) is 3.03. The normalized spacial score (nSPS) is 13.5. The van der Waals surface area contributed by atoms with E-state index in [1.165, 1.54) is 17.3 Å². The third-order valence-electron chi connectivity index (χ3n) is 3.59. The van der Waals surface area contributed by atoms with Crippen LogP contribution >= 0.6 is 34.9 Å². The molecule has 2 atom stereocenters. The van der Waals surface area contributed by atoms with Crippen LogP contribution in [0.25, 0.3) is 0 Å². The standard InChI is InChI=1S/C17H23N3OS3/c1-4-13(14-9-7-6-8-10-14)11-18-15(21)12(3)23-17-20-19-16(24-17)22-5-2/h6-10,12-13H,4-5,11H2,1-3H3,(H,18,21)/t12-,13-/m1/s1. The molecule has 0 aliphatic carbocycles. The number of nitrogens with zero attached hydrogens (tertiary/aromatic N) is 2. The molecule has 1 N–H and O–H groups in total. The zero-order valence-electron chi connectivity index (χ0n) is 14.2. The Morgan fingerprint density at radius 3 is 2.58 bits per heavy atom. The minimum absolute atomic E-state index is 0.0503. The topological polar surface area (TPSA) is 54.9 Å². The van der Waals surface area contributed by atoms with E-state index in [1.807, 2.05) is 25.1 Å². The number of aromatic nitrogens is 2. The molecule has 0 saturated carbocycles. The first kappa shape index (κ1) is 19.3. The highest BCUT2D eigenvalue weighted by Gasteiger charge is 2.18. The van der Waals surface area contributed by atoms with E-state index < -0.39 is 0 Å². The number of nitrogens with one attached hydrogen (secondary N) is 1. The van der Waals surface area contributed by atoms with Gasteiger partial charge in [0.05, 0.1) is 5.25 Å². The first-order chi connectivity index (χ1) is 11.6. The molecule has 1 heterocycles. The number of amides is 1. The van der Waals surface area contributed by atoms with Crippen molar-refractivity contribution in [2.75, 3.05) is 12.3 Å².